The van der Waals surface area contributed by atoms with Gasteiger partial charge in [-0.2, -0.15) is 14.9 Å². The molecule has 1 N–H and O–H groups in total. The summed E-state index contributed by atoms with van der Waals surface area (Å²) in [6.45, 7) is 1.74. The fourth-order valence-corrected chi connectivity index (χ4v) is 3.18. The molecule has 0 aliphatic rings. The minimum Gasteiger partial charge on any atom is -0.263 e. The molecule has 124 valence electrons. The minimum atomic E-state index is -4.49. The Hall–Kier alpha value is -2.88. The first-order chi connectivity index (χ1) is 11.4. The number of hydrogen-bond donors (Lipinski definition) is 1. The van der Waals surface area contributed by atoms with Gasteiger partial charge in [0.15, 0.2) is 10.7 Å². The zero-order valence-electron chi connectivity index (χ0n) is 12.3. The van der Waals surface area contributed by atoms with Crippen molar-refractivity contribution in [3.63, 3.8) is 0 Å². The fourth-order valence-electron chi connectivity index (χ4n) is 2.00. The van der Waals surface area contributed by atoms with E-state index in [1.807, 2.05) is 0 Å². The van der Waals surface area contributed by atoms with Crippen LogP contribution in [0.2, 0.25) is 0 Å². The van der Waals surface area contributed by atoms with Gasteiger partial charge in [0.25, 0.3) is 10.0 Å². The molecule has 0 saturated heterocycles. The molecule has 2 aromatic heterocycles. The Kier molecular flexibility index (Phi) is 3.97. The maximum Gasteiger partial charge on any atom is 0.268 e. The molecule has 2 heterocycles. The Balaban J connectivity index is 2.01. The van der Waals surface area contributed by atoms with Gasteiger partial charge in [0.05, 0.1) is 11.9 Å². The number of aryl methyl sites for hydroxylation is 1. The van der Waals surface area contributed by atoms with Gasteiger partial charge in [-0.25, -0.2) is 17.2 Å². The van der Waals surface area contributed by atoms with Gasteiger partial charge in [0.1, 0.15) is 17.5 Å². The Labute approximate surface area is 136 Å². The van der Waals surface area contributed by atoms with Gasteiger partial charge in [0.2, 0.25) is 0 Å². The van der Waals surface area contributed by atoms with E-state index < -0.39 is 26.6 Å². The highest BCUT2D eigenvalue weighted by Crippen LogP contribution is 2.22. The minimum absolute atomic E-state index is 0.0317. The molecule has 0 atom stereocenters. The maximum atomic E-state index is 13.7. The summed E-state index contributed by atoms with van der Waals surface area (Å²) < 4.78 is 55.4. The highest BCUT2D eigenvalue weighted by Gasteiger charge is 2.25. The molecular formula is C14H11F2N5O2S. The number of rotatable bonds is 4. The largest absolute Gasteiger partial charge is 0.268 e. The van der Waals surface area contributed by atoms with Crippen LogP contribution in [-0.4, -0.2) is 28.4 Å². The molecule has 3 aromatic rings. The van der Waals surface area contributed by atoms with E-state index in [0.29, 0.717) is 5.69 Å². The molecule has 24 heavy (non-hydrogen) atoms. The number of halogens is 2. The van der Waals surface area contributed by atoms with Crippen molar-refractivity contribution in [2.45, 2.75) is 11.8 Å². The van der Waals surface area contributed by atoms with E-state index in [4.69, 9.17) is 0 Å². The Morgan fingerprint density at radius 2 is 1.75 bits per heavy atom. The first kappa shape index (κ1) is 16.0. The van der Waals surface area contributed by atoms with Crippen molar-refractivity contribution in [1.82, 2.24) is 20.0 Å². The van der Waals surface area contributed by atoms with Crippen LogP contribution in [0, 0.1) is 18.6 Å². The first-order valence-electron chi connectivity index (χ1n) is 6.70. The summed E-state index contributed by atoms with van der Waals surface area (Å²) in [5.74, 6) is -2.17. The second kappa shape index (κ2) is 5.96. The smallest absolute Gasteiger partial charge is 0.263 e. The molecule has 3 rings (SSSR count). The van der Waals surface area contributed by atoms with Gasteiger partial charge < -0.3 is 0 Å². The lowest BCUT2D eigenvalue weighted by molar-refractivity contribution is 0.521. The van der Waals surface area contributed by atoms with E-state index in [0.717, 1.165) is 22.9 Å². The zero-order valence-corrected chi connectivity index (χ0v) is 13.1. The third-order valence-corrected chi connectivity index (χ3v) is 4.48. The van der Waals surface area contributed by atoms with Crippen molar-refractivity contribution in [1.29, 1.82) is 0 Å². The number of nitrogens with zero attached hydrogens (tertiary/aromatic N) is 4. The molecule has 0 aliphatic heterocycles. The number of anilines is 1. The molecule has 7 nitrogen and oxygen atoms in total. The van der Waals surface area contributed by atoms with E-state index in [9.17, 15) is 17.2 Å². The van der Waals surface area contributed by atoms with Gasteiger partial charge in [-0.15, -0.1) is 5.10 Å². The SMILES string of the molecule is Cc1ccc(-n2nccc2NS(=O)(=O)c2c(F)cccc2F)nn1. The Morgan fingerprint density at radius 1 is 1.04 bits per heavy atom. The number of hydrogen-bond acceptors (Lipinski definition) is 5. The van der Waals surface area contributed by atoms with Gasteiger partial charge in [0, 0.05) is 6.07 Å². The molecule has 0 bridgehead atoms. The molecule has 0 aliphatic carbocycles. The van der Waals surface area contributed by atoms with E-state index in [2.05, 4.69) is 20.0 Å². The third-order valence-electron chi connectivity index (χ3n) is 3.07. The standard InChI is InChI=1S/C14H11F2N5O2S/c1-9-5-6-12(19-18-9)21-13(7-8-17-21)20-24(22,23)14-10(15)3-2-4-11(14)16/h2-8,20H,1H3. The van der Waals surface area contributed by atoms with Crippen molar-refractivity contribution in [3.8, 4) is 5.82 Å². The normalized spacial score (nSPS) is 11.5. The van der Waals surface area contributed by atoms with Crippen LogP contribution in [0.4, 0.5) is 14.6 Å². The van der Waals surface area contributed by atoms with E-state index >= 15 is 0 Å². The quantitative estimate of drug-likeness (QED) is 0.777. The Morgan fingerprint density at radius 3 is 2.38 bits per heavy atom. The summed E-state index contributed by atoms with van der Waals surface area (Å²) in [7, 11) is -4.49. The van der Waals surface area contributed by atoms with Crippen LogP contribution in [-0.2, 0) is 10.0 Å². The zero-order chi connectivity index (χ0) is 17.3. The summed E-state index contributed by atoms with van der Waals surface area (Å²) >= 11 is 0. The highest BCUT2D eigenvalue weighted by atomic mass is 32.2. The predicted octanol–water partition coefficient (Wildman–Crippen LogP) is 2.05. The first-order valence-corrected chi connectivity index (χ1v) is 8.18. The molecule has 0 fully saturated rings. The van der Waals surface area contributed by atoms with E-state index in [-0.39, 0.29) is 11.6 Å². The van der Waals surface area contributed by atoms with Gasteiger partial charge in [-0.05, 0) is 31.2 Å². The summed E-state index contributed by atoms with van der Waals surface area (Å²) in [5, 5.41) is 11.7. The topological polar surface area (TPSA) is 89.8 Å². The Bertz CT molecular complexity index is 966. The molecular weight excluding hydrogens is 340 g/mol. The summed E-state index contributed by atoms with van der Waals surface area (Å²) in [6.07, 6.45) is 1.32. The lowest BCUT2D eigenvalue weighted by Gasteiger charge is -2.11. The van der Waals surface area contributed by atoms with Crippen molar-refractivity contribution in [2.24, 2.45) is 0 Å². The second-order valence-electron chi connectivity index (χ2n) is 4.82. The number of sulfonamides is 1. The van der Waals surface area contributed by atoms with Crippen LogP contribution in [0.15, 0.2) is 47.5 Å². The summed E-state index contributed by atoms with van der Waals surface area (Å²) in [5.41, 5.74) is 0.668. The summed E-state index contributed by atoms with van der Waals surface area (Å²) in [4.78, 5) is -1.06. The fraction of sp³-hybridized carbons (Fsp3) is 0.0714. The van der Waals surface area contributed by atoms with Crippen molar-refractivity contribution in [3.05, 3.63) is 59.9 Å². The van der Waals surface area contributed by atoms with E-state index in [1.165, 1.54) is 12.3 Å². The van der Waals surface area contributed by atoms with Crippen LogP contribution in [0.3, 0.4) is 0 Å². The molecule has 1 aromatic carbocycles. The molecule has 0 unspecified atom stereocenters. The van der Waals surface area contributed by atoms with Crippen LogP contribution in [0.1, 0.15) is 5.69 Å². The monoisotopic (exact) mass is 351 g/mol. The van der Waals surface area contributed by atoms with Gasteiger partial charge in [-0.3, -0.25) is 4.72 Å². The lowest BCUT2D eigenvalue weighted by Crippen LogP contribution is -2.19. The summed E-state index contributed by atoms with van der Waals surface area (Å²) in [6, 6.07) is 7.38. The van der Waals surface area contributed by atoms with Crippen molar-refractivity contribution in [2.75, 3.05) is 4.72 Å². The number of benzene rings is 1. The van der Waals surface area contributed by atoms with Crippen molar-refractivity contribution < 1.29 is 17.2 Å². The second-order valence-corrected chi connectivity index (χ2v) is 6.44. The predicted molar refractivity (Wildman–Crippen MR) is 81.1 cm³/mol. The average Bonchev–Trinajstić information content (AvgIpc) is 2.95. The maximum absolute atomic E-state index is 13.7. The average molecular weight is 351 g/mol. The number of aromatic nitrogens is 4. The lowest BCUT2D eigenvalue weighted by atomic mass is 10.3. The van der Waals surface area contributed by atoms with Gasteiger partial charge in [-0.1, -0.05) is 6.07 Å². The molecule has 0 amide bonds. The third kappa shape index (κ3) is 2.95. The molecule has 10 heteroatoms. The molecule has 0 radical (unpaired) electrons. The van der Waals surface area contributed by atoms with Crippen LogP contribution >= 0.6 is 0 Å². The van der Waals surface area contributed by atoms with Crippen LogP contribution < -0.4 is 4.72 Å². The van der Waals surface area contributed by atoms with Crippen LogP contribution in [0.5, 0.6) is 0 Å². The van der Waals surface area contributed by atoms with Crippen LogP contribution in [0.25, 0.3) is 5.82 Å². The van der Waals surface area contributed by atoms with Crippen molar-refractivity contribution >= 4 is 15.8 Å². The number of nitrogens with one attached hydrogen (secondary N) is 1. The van der Waals surface area contributed by atoms with E-state index in [1.54, 1.807) is 19.1 Å². The van der Waals surface area contributed by atoms with Gasteiger partial charge >= 0.3 is 0 Å². The molecule has 0 spiro atoms. The highest BCUT2D eigenvalue weighted by molar-refractivity contribution is 7.92. The molecule has 0 saturated carbocycles.